The van der Waals surface area contributed by atoms with Gasteiger partial charge in [0, 0.05) is 5.39 Å². The zero-order valence-electron chi connectivity index (χ0n) is 8.30. The highest BCUT2D eigenvalue weighted by Crippen LogP contribution is 2.33. The van der Waals surface area contributed by atoms with E-state index in [1.807, 2.05) is 26.0 Å². The molecule has 0 saturated heterocycles. The highest BCUT2D eigenvalue weighted by Gasteiger charge is 2.18. The van der Waals surface area contributed by atoms with E-state index in [-0.39, 0.29) is 5.76 Å². The average Bonchev–Trinajstić information content (AvgIpc) is 2.44. The summed E-state index contributed by atoms with van der Waals surface area (Å²) in [6, 6.07) is 3.87. The highest BCUT2D eigenvalue weighted by molar-refractivity contribution is 9.10. The van der Waals surface area contributed by atoms with Gasteiger partial charge in [-0.25, -0.2) is 4.79 Å². The summed E-state index contributed by atoms with van der Waals surface area (Å²) in [4.78, 5) is 10.9. The van der Waals surface area contributed by atoms with E-state index in [0.29, 0.717) is 10.1 Å². The molecule has 1 aromatic heterocycles. The maximum Gasteiger partial charge on any atom is 0.373 e. The molecule has 0 saturated carbocycles. The molecule has 0 amide bonds. The van der Waals surface area contributed by atoms with E-state index >= 15 is 0 Å². The molecule has 0 spiro atoms. The van der Waals surface area contributed by atoms with Crippen LogP contribution in [-0.2, 0) is 0 Å². The summed E-state index contributed by atoms with van der Waals surface area (Å²) >= 11 is 3.25. The smallest absolute Gasteiger partial charge is 0.373 e. The van der Waals surface area contributed by atoms with E-state index in [9.17, 15) is 4.79 Å². The molecule has 0 atom stereocenters. The van der Waals surface area contributed by atoms with Crippen LogP contribution in [0, 0.1) is 13.8 Å². The van der Waals surface area contributed by atoms with E-state index in [0.717, 1.165) is 16.5 Å². The van der Waals surface area contributed by atoms with Gasteiger partial charge in [0.25, 0.3) is 0 Å². The van der Waals surface area contributed by atoms with E-state index in [1.165, 1.54) is 0 Å². The number of aromatic carboxylic acids is 1. The number of rotatable bonds is 1. The second kappa shape index (κ2) is 3.38. The Balaban J connectivity index is 2.88. The zero-order valence-corrected chi connectivity index (χ0v) is 9.88. The molecule has 0 fully saturated rings. The van der Waals surface area contributed by atoms with Gasteiger partial charge in [0.1, 0.15) is 5.58 Å². The number of hydrogen-bond donors (Lipinski definition) is 1. The van der Waals surface area contributed by atoms with E-state index in [2.05, 4.69) is 15.9 Å². The normalized spacial score (nSPS) is 10.9. The Hall–Kier alpha value is -1.29. The Morgan fingerprint density at radius 1 is 1.40 bits per heavy atom. The first-order chi connectivity index (χ1) is 7.00. The molecule has 78 valence electrons. The Morgan fingerprint density at radius 2 is 2.07 bits per heavy atom. The fourth-order valence-corrected chi connectivity index (χ4v) is 2.20. The van der Waals surface area contributed by atoms with E-state index in [1.54, 1.807) is 0 Å². The lowest BCUT2D eigenvalue weighted by atomic mass is 10.1. The first-order valence-electron chi connectivity index (χ1n) is 4.43. The van der Waals surface area contributed by atoms with Crippen LogP contribution >= 0.6 is 15.9 Å². The molecule has 1 N–H and O–H groups in total. The fourth-order valence-electron chi connectivity index (χ4n) is 1.66. The topological polar surface area (TPSA) is 50.4 Å². The molecule has 0 aliphatic rings. The van der Waals surface area contributed by atoms with Crippen LogP contribution in [-0.4, -0.2) is 11.1 Å². The summed E-state index contributed by atoms with van der Waals surface area (Å²) in [5.74, 6) is -1.10. The lowest BCUT2D eigenvalue weighted by molar-refractivity contribution is 0.0663. The molecule has 15 heavy (non-hydrogen) atoms. The maximum atomic E-state index is 10.9. The van der Waals surface area contributed by atoms with Crippen molar-refractivity contribution in [3.8, 4) is 0 Å². The van der Waals surface area contributed by atoms with Crippen molar-refractivity contribution in [1.82, 2.24) is 0 Å². The number of benzene rings is 1. The molecular weight excluding hydrogens is 260 g/mol. The number of aryl methyl sites for hydroxylation is 2. The number of hydrogen-bond acceptors (Lipinski definition) is 2. The second-order valence-electron chi connectivity index (χ2n) is 3.51. The van der Waals surface area contributed by atoms with Gasteiger partial charge in [0.05, 0.1) is 4.47 Å². The SMILES string of the molecule is Cc1cc(C)c2oc(C(=O)O)c(Br)c2c1. The van der Waals surface area contributed by atoms with Gasteiger partial charge in [-0.05, 0) is 47.0 Å². The van der Waals surface area contributed by atoms with Crippen LogP contribution in [0.4, 0.5) is 0 Å². The van der Waals surface area contributed by atoms with Crippen molar-refractivity contribution in [3.05, 3.63) is 33.5 Å². The molecule has 3 nitrogen and oxygen atoms in total. The number of carboxylic acid groups (broad SMARTS) is 1. The maximum absolute atomic E-state index is 10.9. The lowest BCUT2D eigenvalue weighted by Gasteiger charge is -1.96. The summed E-state index contributed by atoms with van der Waals surface area (Å²) in [6.45, 7) is 3.86. The molecule has 0 aliphatic carbocycles. The number of halogens is 1. The summed E-state index contributed by atoms with van der Waals surface area (Å²) < 4.78 is 5.81. The van der Waals surface area contributed by atoms with Crippen molar-refractivity contribution < 1.29 is 14.3 Å². The Bertz CT molecular complexity index is 554. The predicted octanol–water partition coefficient (Wildman–Crippen LogP) is 3.51. The summed E-state index contributed by atoms with van der Waals surface area (Å²) in [6.07, 6.45) is 0. The molecule has 1 heterocycles. The van der Waals surface area contributed by atoms with Gasteiger partial charge >= 0.3 is 5.97 Å². The third-order valence-corrected chi connectivity index (χ3v) is 3.04. The summed E-state index contributed by atoms with van der Waals surface area (Å²) in [5, 5.41) is 9.71. The number of fused-ring (bicyclic) bond motifs is 1. The molecular formula is C11H9BrO3. The molecule has 0 bridgehead atoms. The molecule has 2 rings (SSSR count). The number of carbonyl (C=O) groups is 1. The minimum absolute atomic E-state index is 0.0429. The first-order valence-corrected chi connectivity index (χ1v) is 5.22. The van der Waals surface area contributed by atoms with E-state index in [4.69, 9.17) is 9.52 Å². The fraction of sp³-hybridized carbons (Fsp3) is 0.182. The quantitative estimate of drug-likeness (QED) is 0.861. The minimum Gasteiger partial charge on any atom is -0.475 e. The lowest BCUT2D eigenvalue weighted by Crippen LogP contribution is -1.93. The van der Waals surface area contributed by atoms with Crippen molar-refractivity contribution >= 4 is 32.9 Å². The number of furan rings is 1. The Labute approximate surface area is 94.8 Å². The van der Waals surface area contributed by atoms with Crippen LogP contribution < -0.4 is 0 Å². The van der Waals surface area contributed by atoms with Crippen LogP contribution in [0.5, 0.6) is 0 Å². The van der Waals surface area contributed by atoms with Gasteiger partial charge in [-0.15, -0.1) is 0 Å². The zero-order chi connectivity index (χ0) is 11.2. The Kier molecular flexibility index (Phi) is 2.31. The third-order valence-electron chi connectivity index (χ3n) is 2.25. The van der Waals surface area contributed by atoms with Gasteiger partial charge in [-0.1, -0.05) is 6.07 Å². The van der Waals surface area contributed by atoms with Gasteiger partial charge in [0.2, 0.25) is 5.76 Å². The molecule has 1 aromatic carbocycles. The van der Waals surface area contributed by atoms with Crippen molar-refractivity contribution in [1.29, 1.82) is 0 Å². The predicted molar refractivity (Wildman–Crippen MR) is 60.3 cm³/mol. The van der Waals surface area contributed by atoms with Gasteiger partial charge in [0.15, 0.2) is 0 Å². The average molecular weight is 269 g/mol. The van der Waals surface area contributed by atoms with Crippen LogP contribution in [0.1, 0.15) is 21.7 Å². The van der Waals surface area contributed by atoms with Crippen LogP contribution in [0.3, 0.4) is 0 Å². The summed E-state index contributed by atoms with van der Waals surface area (Å²) in [5.41, 5.74) is 2.65. The largest absolute Gasteiger partial charge is 0.475 e. The third kappa shape index (κ3) is 1.55. The van der Waals surface area contributed by atoms with Gasteiger partial charge in [-0.2, -0.15) is 0 Å². The molecule has 0 radical (unpaired) electrons. The van der Waals surface area contributed by atoms with Crippen LogP contribution in [0.2, 0.25) is 0 Å². The molecule has 0 aliphatic heterocycles. The van der Waals surface area contributed by atoms with Crippen molar-refractivity contribution in [3.63, 3.8) is 0 Å². The minimum atomic E-state index is -1.06. The van der Waals surface area contributed by atoms with Crippen molar-refractivity contribution in [2.45, 2.75) is 13.8 Å². The summed E-state index contributed by atoms with van der Waals surface area (Å²) in [7, 11) is 0. The monoisotopic (exact) mass is 268 g/mol. The first kappa shape index (κ1) is 10.2. The van der Waals surface area contributed by atoms with Crippen LogP contribution in [0.15, 0.2) is 21.0 Å². The molecule has 0 unspecified atom stereocenters. The van der Waals surface area contributed by atoms with E-state index < -0.39 is 5.97 Å². The highest BCUT2D eigenvalue weighted by atomic mass is 79.9. The second-order valence-corrected chi connectivity index (χ2v) is 4.30. The molecule has 2 aromatic rings. The molecule has 4 heteroatoms. The van der Waals surface area contributed by atoms with Crippen molar-refractivity contribution in [2.24, 2.45) is 0 Å². The van der Waals surface area contributed by atoms with Crippen LogP contribution in [0.25, 0.3) is 11.0 Å². The van der Waals surface area contributed by atoms with Gasteiger partial charge < -0.3 is 9.52 Å². The standard InChI is InChI=1S/C11H9BrO3/c1-5-3-6(2)9-7(4-5)8(12)10(15-9)11(13)14/h3-4H,1-2H3,(H,13,14). The Morgan fingerprint density at radius 3 is 2.67 bits per heavy atom. The van der Waals surface area contributed by atoms with Gasteiger partial charge in [-0.3, -0.25) is 0 Å². The van der Waals surface area contributed by atoms with Crippen molar-refractivity contribution in [2.75, 3.05) is 0 Å². The number of carboxylic acids is 1.